The highest BCUT2D eigenvalue weighted by atomic mass is 16.4. The average Bonchev–Trinajstić information content (AvgIpc) is 1.95. The number of aliphatic hydroxyl groups is 2. The maximum Gasteiger partial charge on any atom is 0.119 e. The van der Waals surface area contributed by atoms with Gasteiger partial charge in [0, 0.05) is 19.0 Å². The van der Waals surface area contributed by atoms with E-state index in [1.54, 1.807) is 0 Å². The number of aliphatic hydroxyl groups excluding tert-OH is 1. The van der Waals surface area contributed by atoms with Crippen molar-refractivity contribution in [2.75, 3.05) is 34.3 Å². The quantitative estimate of drug-likeness (QED) is 0.502. The van der Waals surface area contributed by atoms with Crippen LogP contribution in [0, 0.1) is 0 Å². The van der Waals surface area contributed by atoms with Crippen LogP contribution in [0.25, 0.3) is 0 Å². The second-order valence-corrected chi connectivity index (χ2v) is 5.05. The molecule has 0 aliphatic rings. The summed E-state index contributed by atoms with van der Waals surface area (Å²) in [4.78, 5) is 10.5. The summed E-state index contributed by atoms with van der Waals surface area (Å²) in [5, 5.41) is 29.3. The van der Waals surface area contributed by atoms with Crippen molar-refractivity contribution < 1.29 is 24.6 Å². The number of carbonyl (C=O) groups is 1. The predicted octanol–water partition coefficient (Wildman–Crippen LogP) is -1.66. The second kappa shape index (κ2) is 5.44. The summed E-state index contributed by atoms with van der Waals surface area (Å²) in [7, 11) is 5.62. The van der Waals surface area contributed by atoms with Gasteiger partial charge in [0.2, 0.25) is 0 Å². The van der Waals surface area contributed by atoms with E-state index in [0.717, 1.165) is 0 Å². The third kappa shape index (κ3) is 7.30. The fraction of sp³-hybridized carbons (Fsp3) is 0.900. The van der Waals surface area contributed by atoms with Crippen LogP contribution >= 0.6 is 0 Å². The van der Waals surface area contributed by atoms with Crippen molar-refractivity contribution in [2.45, 2.75) is 24.9 Å². The van der Waals surface area contributed by atoms with Crippen LogP contribution in [0.5, 0.6) is 0 Å². The molecule has 0 aromatic heterocycles. The third-order valence-electron chi connectivity index (χ3n) is 2.04. The van der Waals surface area contributed by atoms with E-state index < -0.39 is 11.6 Å². The lowest BCUT2D eigenvalue weighted by Crippen LogP contribution is -2.51. The Balaban J connectivity index is 4.46. The minimum Gasteiger partial charge on any atom is -0.550 e. The molecule has 0 amide bonds. The van der Waals surface area contributed by atoms with Gasteiger partial charge in [-0.15, -0.1) is 0 Å². The lowest BCUT2D eigenvalue weighted by atomic mass is 9.93. The Bertz CT molecular complexity index is 212. The van der Waals surface area contributed by atoms with E-state index in [9.17, 15) is 15.0 Å². The molecular weight excluding hydrogens is 198 g/mol. The summed E-state index contributed by atoms with van der Waals surface area (Å²) in [6, 6.07) is 0. The van der Waals surface area contributed by atoms with E-state index in [4.69, 9.17) is 5.11 Å². The molecule has 0 aromatic rings. The molecule has 5 heteroatoms. The first kappa shape index (κ1) is 14.3. The minimum atomic E-state index is -1.29. The molecule has 15 heavy (non-hydrogen) atoms. The van der Waals surface area contributed by atoms with Gasteiger partial charge in [-0.2, -0.15) is 0 Å². The van der Waals surface area contributed by atoms with Gasteiger partial charge in [-0.3, -0.25) is 0 Å². The summed E-state index contributed by atoms with van der Waals surface area (Å²) in [5.74, 6) is -1.26. The van der Waals surface area contributed by atoms with Crippen LogP contribution < -0.4 is 5.11 Å². The molecule has 5 nitrogen and oxygen atoms in total. The molecule has 0 saturated carbocycles. The van der Waals surface area contributed by atoms with Crippen LogP contribution in [0.2, 0.25) is 0 Å². The van der Waals surface area contributed by atoms with Crippen LogP contribution in [0.1, 0.15) is 19.3 Å². The van der Waals surface area contributed by atoms with Gasteiger partial charge in [-0.25, -0.2) is 0 Å². The van der Waals surface area contributed by atoms with Crippen molar-refractivity contribution >= 4 is 5.97 Å². The number of quaternary nitrogens is 1. The number of aliphatic carboxylic acids is 1. The lowest BCUT2D eigenvalue weighted by Gasteiger charge is -2.35. The minimum absolute atomic E-state index is 0.0491. The zero-order valence-electron chi connectivity index (χ0n) is 9.69. The third-order valence-corrected chi connectivity index (χ3v) is 2.04. The first-order chi connectivity index (χ1) is 6.68. The average molecular weight is 219 g/mol. The molecule has 90 valence electrons. The Morgan fingerprint density at radius 1 is 1.40 bits per heavy atom. The lowest BCUT2D eigenvalue weighted by molar-refractivity contribution is -0.877. The summed E-state index contributed by atoms with van der Waals surface area (Å²) in [6.07, 6.45) is 0.277. The van der Waals surface area contributed by atoms with Crippen LogP contribution in [-0.2, 0) is 4.79 Å². The molecule has 0 aliphatic carbocycles. The van der Waals surface area contributed by atoms with Gasteiger partial charge in [-0.1, -0.05) is 0 Å². The number of carbonyl (C=O) groups excluding carboxylic acids is 1. The topological polar surface area (TPSA) is 80.6 Å². The van der Waals surface area contributed by atoms with Gasteiger partial charge in [0.05, 0.1) is 21.1 Å². The first-order valence-corrected chi connectivity index (χ1v) is 5.02. The molecule has 0 aliphatic heterocycles. The van der Waals surface area contributed by atoms with Gasteiger partial charge in [-0.05, 0) is 12.8 Å². The fourth-order valence-corrected chi connectivity index (χ4v) is 1.78. The summed E-state index contributed by atoms with van der Waals surface area (Å²) < 4.78 is 0.467. The van der Waals surface area contributed by atoms with Crippen LogP contribution in [-0.4, -0.2) is 60.6 Å². The van der Waals surface area contributed by atoms with Crippen LogP contribution in [0.4, 0.5) is 0 Å². The predicted molar refractivity (Wildman–Crippen MR) is 53.8 cm³/mol. The highest BCUT2D eigenvalue weighted by Gasteiger charge is 2.33. The van der Waals surface area contributed by atoms with Crippen LogP contribution in [0.3, 0.4) is 0 Å². The molecule has 0 radical (unpaired) electrons. The Morgan fingerprint density at radius 3 is 2.27 bits per heavy atom. The van der Waals surface area contributed by atoms with E-state index in [2.05, 4.69) is 0 Å². The summed E-state index contributed by atoms with van der Waals surface area (Å²) in [5.41, 5.74) is -1.29. The van der Waals surface area contributed by atoms with E-state index >= 15 is 0 Å². The normalized spacial score (nSPS) is 16.1. The van der Waals surface area contributed by atoms with Gasteiger partial charge in [0.15, 0.2) is 0 Å². The largest absolute Gasteiger partial charge is 0.550 e. The number of likely N-dealkylation sites (N-methyl/N-ethyl adjacent to an activating group) is 1. The molecule has 0 saturated heterocycles. The molecule has 0 rings (SSSR count). The van der Waals surface area contributed by atoms with Crippen molar-refractivity contribution in [3.05, 3.63) is 0 Å². The van der Waals surface area contributed by atoms with Crippen molar-refractivity contribution in [3.63, 3.8) is 0 Å². The Morgan fingerprint density at radius 2 is 1.93 bits per heavy atom. The van der Waals surface area contributed by atoms with Gasteiger partial charge in [0.25, 0.3) is 0 Å². The number of carboxylic acids is 1. The Kier molecular flexibility index (Phi) is 5.20. The fourth-order valence-electron chi connectivity index (χ4n) is 1.78. The molecule has 0 aromatic carbocycles. The molecule has 0 spiro atoms. The van der Waals surface area contributed by atoms with E-state index in [-0.39, 0.29) is 19.4 Å². The van der Waals surface area contributed by atoms with E-state index in [1.165, 1.54) is 0 Å². The van der Waals surface area contributed by atoms with Gasteiger partial charge < -0.3 is 24.6 Å². The monoisotopic (exact) mass is 219 g/mol. The highest BCUT2D eigenvalue weighted by molar-refractivity contribution is 5.65. The number of hydrogen-bond donors (Lipinski definition) is 2. The maximum atomic E-state index is 10.5. The number of nitrogens with zero attached hydrogens (tertiary/aromatic N) is 1. The Labute approximate surface area is 90.5 Å². The molecule has 1 atom stereocenters. The molecule has 0 heterocycles. The summed E-state index contributed by atoms with van der Waals surface area (Å²) in [6.45, 7) is 0.271. The molecule has 1 unspecified atom stereocenters. The van der Waals surface area contributed by atoms with Crippen molar-refractivity contribution in [1.29, 1.82) is 0 Å². The zero-order chi connectivity index (χ0) is 12.1. The van der Waals surface area contributed by atoms with Crippen molar-refractivity contribution in [3.8, 4) is 0 Å². The van der Waals surface area contributed by atoms with E-state index in [1.807, 2.05) is 21.1 Å². The van der Waals surface area contributed by atoms with Crippen molar-refractivity contribution in [1.82, 2.24) is 0 Å². The van der Waals surface area contributed by atoms with Gasteiger partial charge in [0.1, 0.15) is 12.1 Å². The number of hydrogen-bond acceptors (Lipinski definition) is 4. The molecule has 0 fully saturated rings. The number of rotatable bonds is 7. The Hall–Kier alpha value is -0.650. The van der Waals surface area contributed by atoms with Crippen LogP contribution in [0.15, 0.2) is 0 Å². The smallest absolute Gasteiger partial charge is 0.119 e. The standard InChI is InChI=1S/C10H21NO4/c1-11(2,3)8-10(15,5-4-6-12)7-9(13)14/h12,15H,4-8H2,1-3H3. The zero-order valence-corrected chi connectivity index (χ0v) is 9.69. The second-order valence-electron chi connectivity index (χ2n) is 5.05. The molecule has 0 bridgehead atoms. The molecule has 2 N–H and O–H groups in total. The highest BCUT2D eigenvalue weighted by Crippen LogP contribution is 2.20. The maximum absolute atomic E-state index is 10.5. The van der Waals surface area contributed by atoms with Gasteiger partial charge >= 0.3 is 0 Å². The van der Waals surface area contributed by atoms with E-state index in [0.29, 0.717) is 17.4 Å². The number of carboxylic acid groups (broad SMARTS) is 1. The SMILES string of the molecule is C[N+](C)(C)CC(O)(CCCO)CC(=O)[O-]. The summed E-state index contributed by atoms with van der Waals surface area (Å²) >= 11 is 0. The molecular formula is C10H21NO4. The van der Waals surface area contributed by atoms with Crippen molar-refractivity contribution in [2.24, 2.45) is 0 Å². The first-order valence-electron chi connectivity index (χ1n) is 5.02.